The molecule has 0 bridgehead atoms. The van der Waals surface area contributed by atoms with Crippen molar-refractivity contribution in [3.63, 3.8) is 0 Å². The maximum atomic E-state index is 11.0. The molecule has 0 aliphatic heterocycles. The number of quaternary nitrogens is 1. The van der Waals surface area contributed by atoms with E-state index < -0.39 is 11.9 Å². The molecule has 0 amide bonds. The monoisotopic (exact) mass is 223 g/mol. The summed E-state index contributed by atoms with van der Waals surface area (Å²) in [5.41, 5.74) is 0.774. The van der Waals surface area contributed by atoms with Crippen molar-refractivity contribution < 1.29 is 9.90 Å². The summed E-state index contributed by atoms with van der Waals surface area (Å²) >= 11 is 0. The molecule has 0 radical (unpaired) electrons. The number of carboxylic acids is 1. The minimum absolute atomic E-state index is 0. The van der Waals surface area contributed by atoms with Crippen LogP contribution in [-0.2, 0) is 11.2 Å². The first-order valence-corrected chi connectivity index (χ1v) is 5.16. The second-order valence-corrected chi connectivity index (χ2v) is 4.93. The standard InChI is InChI=1S/C13H18O2.H3N/c1-13(2,3)11(12(14)15)9-10-7-5-4-6-8-10;/h4-8,11H,9H2,1-3H3,(H,14,15);1H3. The summed E-state index contributed by atoms with van der Waals surface area (Å²) in [5.74, 6) is -1.41. The lowest BCUT2D eigenvalue weighted by Gasteiger charge is -2.31. The van der Waals surface area contributed by atoms with E-state index in [0.29, 0.717) is 6.42 Å². The molecule has 1 rings (SSSR count). The van der Waals surface area contributed by atoms with Crippen LogP contribution in [0.3, 0.4) is 0 Å². The molecule has 1 atom stereocenters. The van der Waals surface area contributed by atoms with Crippen LogP contribution in [0, 0.1) is 11.3 Å². The number of aliphatic carboxylic acids is 1. The van der Waals surface area contributed by atoms with Crippen molar-refractivity contribution >= 4 is 5.97 Å². The van der Waals surface area contributed by atoms with E-state index >= 15 is 0 Å². The molecule has 1 aromatic rings. The number of carbonyl (C=O) groups excluding carboxylic acids is 1. The molecule has 1 unspecified atom stereocenters. The van der Waals surface area contributed by atoms with E-state index in [1.165, 1.54) is 0 Å². The fourth-order valence-electron chi connectivity index (χ4n) is 1.59. The summed E-state index contributed by atoms with van der Waals surface area (Å²) in [4.78, 5) is 11.0. The summed E-state index contributed by atoms with van der Waals surface area (Å²) < 4.78 is 0. The van der Waals surface area contributed by atoms with Gasteiger partial charge in [-0.2, -0.15) is 0 Å². The normalized spacial score (nSPS) is 12.7. The fourth-order valence-corrected chi connectivity index (χ4v) is 1.59. The van der Waals surface area contributed by atoms with E-state index in [0.717, 1.165) is 5.56 Å². The average molecular weight is 223 g/mol. The van der Waals surface area contributed by atoms with Crippen molar-refractivity contribution in [1.29, 1.82) is 0 Å². The predicted molar refractivity (Wildman–Crippen MR) is 64.1 cm³/mol. The van der Waals surface area contributed by atoms with Gasteiger partial charge in [-0.15, -0.1) is 0 Å². The molecule has 0 heterocycles. The maximum Gasteiger partial charge on any atom is 0.0453 e. The molecule has 0 aliphatic carbocycles. The Morgan fingerprint density at radius 1 is 1.25 bits per heavy atom. The highest BCUT2D eigenvalue weighted by atomic mass is 16.4. The molecule has 16 heavy (non-hydrogen) atoms. The number of carbonyl (C=O) groups is 1. The van der Waals surface area contributed by atoms with Crippen LogP contribution in [0.4, 0.5) is 0 Å². The average Bonchev–Trinajstić information content (AvgIpc) is 2.13. The first-order chi connectivity index (χ1) is 6.91. The van der Waals surface area contributed by atoms with E-state index in [4.69, 9.17) is 0 Å². The third-order valence-corrected chi connectivity index (χ3v) is 2.61. The van der Waals surface area contributed by atoms with E-state index in [1.54, 1.807) is 0 Å². The number of carboxylic acid groups (broad SMARTS) is 1. The van der Waals surface area contributed by atoms with Gasteiger partial charge in [0.05, 0.1) is 0 Å². The van der Waals surface area contributed by atoms with Crippen LogP contribution in [0.25, 0.3) is 0 Å². The highest BCUT2D eigenvalue weighted by molar-refractivity contribution is 5.69. The summed E-state index contributed by atoms with van der Waals surface area (Å²) in [6, 6.07) is 9.66. The van der Waals surface area contributed by atoms with Gasteiger partial charge in [-0.1, -0.05) is 51.1 Å². The molecule has 3 nitrogen and oxygen atoms in total. The SMILES string of the molecule is CC(C)(C)C(Cc1ccccc1)C(=O)[O-].[NH4+]. The third-order valence-electron chi connectivity index (χ3n) is 2.61. The molecule has 0 saturated carbocycles. The predicted octanol–water partition coefficient (Wildman–Crippen LogP) is 2.02. The molecular weight excluding hydrogens is 202 g/mol. The topological polar surface area (TPSA) is 76.6 Å². The van der Waals surface area contributed by atoms with Gasteiger partial charge in [0, 0.05) is 11.9 Å². The second kappa shape index (κ2) is 5.66. The molecule has 0 spiro atoms. The van der Waals surface area contributed by atoms with Gasteiger partial charge < -0.3 is 16.1 Å². The van der Waals surface area contributed by atoms with Crippen LogP contribution < -0.4 is 11.3 Å². The highest BCUT2D eigenvalue weighted by Crippen LogP contribution is 2.28. The zero-order valence-electron chi connectivity index (χ0n) is 10.5. The molecule has 0 saturated heterocycles. The van der Waals surface area contributed by atoms with Gasteiger partial charge in [0.25, 0.3) is 0 Å². The van der Waals surface area contributed by atoms with Crippen molar-refractivity contribution in [2.75, 3.05) is 0 Å². The number of hydrogen-bond donors (Lipinski definition) is 1. The van der Waals surface area contributed by atoms with Crippen LogP contribution in [0.2, 0.25) is 0 Å². The quantitative estimate of drug-likeness (QED) is 0.851. The minimum Gasteiger partial charge on any atom is -0.550 e. The lowest BCUT2D eigenvalue weighted by Crippen LogP contribution is -2.40. The molecule has 0 aliphatic rings. The number of benzene rings is 1. The Balaban J connectivity index is 0.00000225. The molecule has 4 N–H and O–H groups in total. The van der Waals surface area contributed by atoms with Crippen LogP contribution in [0.15, 0.2) is 30.3 Å². The van der Waals surface area contributed by atoms with Gasteiger partial charge in [0.1, 0.15) is 0 Å². The number of hydrogen-bond acceptors (Lipinski definition) is 2. The Hall–Kier alpha value is -1.35. The van der Waals surface area contributed by atoms with E-state index in [9.17, 15) is 9.90 Å². The van der Waals surface area contributed by atoms with Gasteiger partial charge in [0.2, 0.25) is 0 Å². The molecule has 3 heteroatoms. The highest BCUT2D eigenvalue weighted by Gasteiger charge is 2.25. The van der Waals surface area contributed by atoms with Crippen LogP contribution >= 0.6 is 0 Å². The lowest BCUT2D eigenvalue weighted by molar-refractivity contribution is -0.314. The Morgan fingerprint density at radius 3 is 2.12 bits per heavy atom. The lowest BCUT2D eigenvalue weighted by atomic mass is 9.77. The smallest absolute Gasteiger partial charge is 0.0453 e. The zero-order chi connectivity index (χ0) is 11.5. The van der Waals surface area contributed by atoms with Gasteiger partial charge >= 0.3 is 0 Å². The summed E-state index contributed by atoms with van der Waals surface area (Å²) in [7, 11) is 0. The summed E-state index contributed by atoms with van der Waals surface area (Å²) in [5, 5.41) is 11.0. The maximum absolute atomic E-state index is 11.0. The van der Waals surface area contributed by atoms with Gasteiger partial charge in [-0.05, 0) is 17.4 Å². The Bertz CT molecular complexity index is 328. The van der Waals surface area contributed by atoms with E-state index in [1.807, 2.05) is 51.1 Å². The molecule has 1 aromatic carbocycles. The van der Waals surface area contributed by atoms with Gasteiger partial charge in [-0.25, -0.2) is 0 Å². The van der Waals surface area contributed by atoms with Crippen molar-refractivity contribution in [2.45, 2.75) is 27.2 Å². The fraction of sp³-hybridized carbons (Fsp3) is 0.462. The Labute approximate surface area is 97.1 Å². The molecule has 0 aromatic heterocycles. The van der Waals surface area contributed by atoms with Gasteiger partial charge in [0.15, 0.2) is 0 Å². The second-order valence-electron chi connectivity index (χ2n) is 4.93. The summed E-state index contributed by atoms with van der Waals surface area (Å²) in [6.07, 6.45) is 0.534. The third kappa shape index (κ3) is 4.03. The van der Waals surface area contributed by atoms with Gasteiger partial charge in [-0.3, -0.25) is 0 Å². The van der Waals surface area contributed by atoms with Crippen molar-refractivity contribution in [2.24, 2.45) is 11.3 Å². The van der Waals surface area contributed by atoms with E-state index in [-0.39, 0.29) is 11.6 Å². The largest absolute Gasteiger partial charge is 0.550 e. The van der Waals surface area contributed by atoms with Crippen LogP contribution in [0.5, 0.6) is 0 Å². The zero-order valence-corrected chi connectivity index (χ0v) is 10.5. The molecule has 0 fully saturated rings. The first kappa shape index (κ1) is 14.6. The van der Waals surface area contributed by atoms with Crippen molar-refractivity contribution in [3.8, 4) is 0 Å². The van der Waals surface area contributed by atoms with Crippen molar-refractivity contribution in [1.82, 2.24) is 6.15 Å². The van der Waals surface area contributed by atoms with E-state index in [2.05, 4.69) is 0 Å². The Kier molecular flexibility index (Phi) is 5.18. The van der Waals surface area contributed by atoms with Crippen molar-refractivity contribution in [3.05, 3.63) is 35.9 Å². The Morgan fingerprint density at radius 2 is 1.75 bits per heavy atom. The first-order valence-electron chi connectivity index (χ1n) is 5.16. The molecular formula is C13H21NO2. The summed E-state index contributed by atoms with van der Waals surface area (Å²) in [6.45, 7) is 5.78. The molecule has 90 valence electrons. The minimum atomic E-state index is -0.966. The van der Waals surface area contributed by atoms with Crippen LogP contribution in [-0.4, -0.2) is 5.97 Å². The van der Waals surface area contributed by atoms with Crippen LogP contribution in [0.1, 0.15) is 26.3 Å². The number of rotatable bonds is 3.